The highest BCUT2D eigenvalue weighted by Crippen LogP contribution is 2.35. The molecule has 5 aromatic rings. The first-order valence-corrected chi connectivity index (χ1v) is 16.4. The summed E-state index contributed by atoms with van der Waals surface area (Å²) in [5, 5.41) is 13.9. The molecule has 1 aliphatic carbocycles. The van der Waals surface area contributed by atoms with Crippen LogP contribution in [0.1, 0.15) is 38.9 Å². The van der Waals surface area contributed by atoms with Gasteiger partial charge in [-0.3, -0.25) is 9.59 Å². The summed E-state index contributed by atoms with van der Waals surface area (Å²) in [6.45, 7) is 8.04. The second-order valence-corrected chi connectivity index (χ2v) is 12.8. The molecule has 0 amide bonds. The molecule has 50 heavy (non-hydrogen) atoms. The first-order chi connectivity index (χ1) is 24.1. The van der Waals surface area contributed by atoms with Crippen LogP contribution in [0.15, 0.2) is 154 Å². The zero-order valence-electron chi connectivity index (χ0n) is 28.2. The van der Waals surface area contributed by atoms with Crippen LogP contribution in [0.4, 0.5) is 0 Å². The molecule has 5 nitrogen and oxygen atoms in total. The molecule has 1 aromatic heterocycles. The summed E-state index contributed by atoms with van der Waals surface area (Å²) in [5.41, 5.74) is 8.55. The van der Waals surface area contributed by atoms with Gasteiger partial charge in [0.05, 0.1) is 23.3 Å². The molecule has 5 heteroatoms. The van der Waals surface area contributed by atoms with Gasteiger partial charge in [-0.25, -0.2) is 4.42 Å². The predicted octanol–water partition coefficient (Wildman–Crippen LogP) is 9.32. The predicted molar refractivity (Wildman–Crippen MR) is 196 cm³/mol. The quantitative estimate of drug-likeness (QED) is 0.104. The molecule has 0 spiro atoms. The normalized spacial score (nSPS) is 15.3. The summed E-state index contributed by atoms with van der Waals surface area (Å²) in [5.74, 6) is -0.0390. The van der Waals surface area contributed by atoms with Gasteiger partial charge in [0.15, 0.2) is 0 Å². The number of hydrogen-bond donors (Lipinski definition) is 0. The zero-order chi connectivity index (χ0) is 34.9. The molecule has 2 aliphatic rings. The summed E-state index contributed by atoms with van der Waals surface area (Å²) in [4.78, 5) is 26.8. The van der Waals surface area contributed by atoms with E-state index in [1.54, 1.807) is 24.3 Å². The lowest BCUT2D eigenvalue weighted by Crippen LogP contribution is -2.10. The first kappa shape index (κ1) is 32.2. The smallest absolute Gasteiger partial charge is 0.361 e. The summed E-state index contributed by atoms with van der Waals surface area (Å²) in [7, 11) is 0. The Morgan fingerprint density at radius 1 is 0.540 bits per heavy atom. The highest BCUT2D eigenvalue weighted by molar-refractivity contribution is 6.54. The fourth-order valence-corrected chi connectivity index (χ4v) is 5.84. The minimum absolute atomic E-state index is 0.185. The van der Waals surface area contributed by atoms with Crippen LogP contribution in [0.25, 0.3) is 40.2 Å². The third-order valence-corrected chi connectivity index (χ3v) is 8.78. The van der Waals surface area contributed by atoms with Gasteiger partial charge in [-0.2, -0.15) is 0 Å². The Balaban J connectivity index is 1.33. The topological polar surface area (TPSA) is 77.7 Å². The number of carbonyl (C=O) groups excluding carboxylic acids is 2. The molecule has 0 N–H and O–H groups in total. The van der Waals surface area contributed by atoms with Gasteiger partial charge in [-0.15, -0.1) is 0 Å². The Bertz CT molecular complexity index is 2180. The van der Waals surface area contributed by atoms with Gasteiger partial charge in [0.2, 0.25) is 11.6 Å². The van der Waals surface area contributed by atoms with E-state index in [0.29, 0.717) is 34.2 Å². The molecule has 0 saturated heterocycles. The van der Waals surface area contributed by atoms with Gasteiger partial charge in [-0.05, 0) is 87.4 Å². The lowest BCUT2D eigenvalue weighted by atomic mass is 10.0. The molecule has 0 unspecified atom stereocenters. The maximum atomic E-state index is 13.9. The highest BCUT2D eigenvalue weighted by atomic mass is 16.5. The number of rotatable bonds is 6. The van der Waals surface area contributed by atoms with E-state index in [9.17, 15) is 14.7 Å². The van der Waals surface area contributed by atoms with Crippen molar-refractivity contribution in [1.82, 2.24) is 0 Å². The SMILES string of the molecule is Cc1ccc(C2=CC(=CC3=C([O-])/C(=C\c4cc(-c5ccc(C)cc5)[o+]c(-c5ccc(C)cc5)c4)C(=O)C3=O)C=C(c3ccc(C)cc3)O2)cc1. The number of hydrogen-bond acceptors (Lipinski definition) is 4. The summed E-state index contributed by atoms with van der Waals surface area (Å²) in [6.07, 6.45) is 6.54. The van der Waals surface area contributed by atoms with Crippen molar-refractivity contribution in [3.63, 3.8) is 0 Å². The molecule has 0 saturated carbocycles. The fraction of sp³-hybridized carbons (Fsp3) is 0.0889. The van der Waals surface area contributed by atoms with Crippen molar-refractivity contribution in [3.05, 3.63) is 189 Å². The van der Waals surface area contributed by atoms with E-state index in [-0.39, 0.29) is 11.1 Å². The number of ether oxygens (including phenoxy) is 1. The van der Waals surface area contributed by atoms with Crippen LogP contribution >= 0.6 is 0 Å². The van der Waals surface area contributed by atoms with Crippen molar-refractivity contribution >= 4 is 29.2 Å². The Morgan fingerprint density at radius 2 is 0.940 bits per heavy atom. The number of Topliss-reactive ketones (excluding diaryl/α,β-unsaturated/α-hetero) is 2. The summed E-state index contributed by atoms with van der Waals surface area (Å²) >= 11 is 0. The highest BCUT2D eigenvalue weighted by Gasteiger charge is 2.31. The van der Waals surface area contributed by atoms with Crippen molar-refractivity contribution in [3.8, 4) is 22.6 Å². The van der Waals surface area contributed by atoms with Crippen LogP contribution in [-0.2, 0) is 14.3 Å². The standard InChI is InChI=1S/C45H34O5/c1-27-5-13-33(14-6-27)39-23-31(24-40(49-39)34-15-7-28(2)8-16-34)21-37-43(46)38(45(48)44(37)47)22-32-25-41(35-17-9-29(3)10-18-35)50-42(26-32)36-19-11-30(4)12-20-36/h5-26H,1-4H3. The van der Waals surface area contributed by atoms with Crippen LogP contribution in [-0.4, -0.2) is 11.6 Å². The molecular weight excluding hydrogens is 620 g/mol. The van der Waals surface area contributed by atoms with Gasteiger partial charge in [0.25, 0.3) is 0 Å². The van der Waals surface area contributed by atoms with Crippen LogP contribution in [0.5, 0.6) is 0 Å². The van der Waals surface area contributed by atoms with Crippen molar-refractivity contribution < 1.29 is 23.8 Å². The maximum absolute atomic E-state index is 13.9. The molecule has 0 radical (unpaired) electrons. The minimum Gasteiger partial charge on any atom is -0.871 e. The van der Waals surface area contributed by atoms with Crippen molar-refractivity contribution in [2.75, 3.05) is 0 Å². The fourth-order valence-electron chi connectivity index (χ4n) is 5.84. The number of aryl methyl sites for hydroxylation is 4. The van der Waals surface area contributed by atoms with E-state index >= 15 is 0 Å². The van der Waals surface area contributed by atoms with Gasteiger partial charge >= 0.3 is 11.5 Å². The molecule has 4 aromatic carbocycles. The number of carbonyl (C=O) groups is 2. The Labute approximate surface area is 291 Å². The molecule has 0 fully saturated rings. The molecule has 2 heterocycles. The number of allylic oxidation sites excluding steroid dienone is 6. The molecule has 0 atom stereocenters. The number of ketones is 2. The lowest BCUT2D eigenvalue weighted by molar-refractivity contribution is -0.296. The largest absolute Gasteiger partial charge is 0.871 e. The Hall–Kier alpha value is -6.33. The average molecular weight is 655 g/mol. The van der Waals surface area contributed by atoms with Crippen LogP contribution in [0, 0.1) is 27.7 Å². The van der Waals surface area contributed by atoms with Crippen molar-refractivity contribution in [1.29, 1.82) is 0 Å². The van der Waals surface area contributed by atoms with E-state index in [4.69, 9.17) is 9.15 Å². The van der Waals surface area contributed by atoms with E-state index in [2.05, 4.69) is 0 Å². The lowest BCUT2D eigenvalue weighted by Gasteiger charge is -2.19. The van der Waals surface area contributed by atoms with Crippen LogP contribution in [0.2, 0.25) is 0 Å². The van der Waals surface area contributed by atoms with Crippen LogP contribution in [0.3, 0.4) is 0 Å². The summed E-state index contributed by atoms with van der Waals surface area (Å²) < 4.78 is 12.7. The third kappa shape index (κ3) is 6.67. The monoisotopic (exact) mass is 654 g/mol. The molecule has 7 rings (SSSR count). The Kier molecular flexibility index (Phi) is 8.57. The van der Waals surface area contributed by atoms with E-state index in [1.807, 2.05) is 125 Å². The molecule has 1 aliphatic heterocycles. The van der Waals surface area contributed by atoms with E-state index < -0.39 is 17.3 Å². The van der Waals surface area contributed by atoms with Crippen LogP contribution < -0.4 is 5.11 Å². The van der Waals surface area contributed by atoms with Gasteiger partial charge < -0.3 is 9.84 Å². The zero-order valence-corrected chi connectivity index (χ0v) is 28.2. The van der Waals surface area contributed by atoms with Gasteiger partial charge in [0, 0.05) is 22.3 Å². The molecular formula is C45H34O5. The van der Waals surface area contributed by atoms with Gasteiger partial charge in [-0.1, -0.05) is 101 Å². The minimum atomic E-state index is -0.839. The van der Waals surface area contributed by atoms with Crippen molar-refractivity contribution in [2.45, 2.75) is 27.7 Å². The average Bonchev–Trinajstić information content (AvgIpc) is 3.31. The van der Waals surface area contributed by atoms with E-state index in [0.717, 1.165) is 44.5 Å². The molecule has 244 valence electrons. The Morgan fingerprint density at radius 3 is 1.36 bits per heavy atom. The first-order valence-electron chi connectivity index (χ1n) is 16.4. The summed E-state index contributed by atoms with van der Waals surface area (Å²) in [6, 6.07) is 35.2. The van der Waals surface area contributed by atoms with E-state index in [1.165, 1.54) is 12.2 Å². The number of benzene rings is 4. The second-order valence-electron chi connectivity index (χ2n) is 12.8. The molecule has 0 bridgehead atoms. The third-order valence-electron chi connectivity index (χ3n) is 8.78. The van der Waals surface area contributed by atoms with Gasteiger partial charge in [0.1, 0.15) is 11.5 Å². The van der Waals surface area contributed by atoms with Crippen molar-refractivity contribution in [2.24, 2.45) is 0 Å². The maximum Gasteiger partial charge on any atom is 0.361 e. The second kappa shape index (κ2) is 13.3.